The van der Waals surface area contributed by atoms with Gasteiger partial charge in [-0.05, 0) is 45.5 Å². The molecule has 1 N–H and O–H groups in total. The lowest BCUT2D eigenvalue weighted by Gasteiger charge is -2.39. The zero-order valence-electron chi connectivity index (χ0n) is 18.5. The van der Waals surface area contributed by atoms with Crippen molar-refractivity contribution in [3.63, 3.8) is 0 Å². The number of carbonyl (C=O) groups is 2. The van der Waals surface area contributed by atoms with Crippen LogP contribution in [0.1, 0.15) is 34.1 Å². The number of amides is 2. The maximum absolute atomic E-state index is 13.2. The second-order valence-corrected chi connectivity index (χ2v) is 8.29. The number of thioether (sulfide) groups is 1. The number of ether oxygens (including phenoxy) is 1. The van der Waals surface area contributed by atoms with Gasteiger partial charge in [0.2, 0.25) is 11.8 Å². The van der Waals surface area contributed by atoms with Crippen molar-refractivity contribution >= 4 is 23.6 Å². The average molecular weight is 402 g/mol. The van der Waals surface area contributed by atoms with E-state index in [-0.39, 0.29) is 29.7 Å². The Balaban J connectivity index is 5.85. The fourth-order valence-electron chi connectivity index (χ4n) is 3.34. The van der Waals surface area contributed by atoms with E-state index in [0.717, 1.165) is 6.42 Å². The second kappa shape index (κ2) is 13.2. The monoisotopic (exact) mass is 401 g/mol. The normalized spacial score (nSPS) is 16.4. The molecule has 0 aromatic carbocycles. The second-order valence-electron chi connectivity index (χ2n) is 7.48. The van der Waals surface area contributed by atoms with Crippen molar-refractivity contribution in [1.82, 2.24) is 15.1 Å². The first-order valence-corrected chi connectivity index (χ1v) is 10.9. The van der Waals surface area contributed by atoms with Crippen LogP contribution in [-0.2, 0) is 14.3 Å². The molecule has 0 fully saturated rings. The zero-order valence-corrected chi connectivity index (χ0v) is 19.3. The van der Waals surface area contributed by atoms with E-state index >= 15 is 0 Å². The van der Waals surface area contributed by atoms with Crippen molar-refractivity contribution in [3.8, 4) is 0 Å². The Labute approximate surface area is 170 Å². The van der Waals surface area contributed by atoms with Crippen LogP contribution in [0.15, 0.2) is 12.2 Å². The molecule has 4 unspecified atom stereocenters. The molecule has 0 saturated heterocycles. The molecule has 0 rings (SSSR count). The minimum atomic E-state index is -0.684. The van der Waals surface area contributed by atoms with E-state index in [9.17, 15) is 9.59 Å². The van der Waals surface area contributed by atoms with E-state index in [0.29, 0.717) is 5.94 Å². The van der Waals surface area contributed by atoms with Crippen molar-refractivity contribution < 1.29 is 14.3 Å². The smallest absolute Gasteiger partial charge is 0.245 e. The number of likely N-dealkylation sites (N-methyl/N-ethyl adjacent to an activating group) is 3. The van der Waals surface area contributed by atoms with E-state index in [2.05, 4.69) is 18.3 Å². The van der Waals surface area contributed by atoms with Gasteiger partial charge in [-0.3, -0.25) is 14.5 Å². The minimum absolute atomic E-state index is 0.0698. The molecule has 0 aromatic rings. The number of allylic oxidation sites excluding steroid dienone is 2. The highest BCUT2D eigenvalue weighted by Crippen LogP contribution is 2.23. The summed E-state index contributed by atoms with van der Waals surface area (Å²) in [5, 5.41) is 2.71. The highest BCUT2D eigenvalue weighted by Gasteiger charge is 2.40. The van der Waals surface area contributed by atoms with Crippen molar-refractivity contribution in [2.45, 2.75) is 52.3 Å². The van der Waals surface area contributed by atoms with Gasteiger partial charge >= 0.3 is 0 Å². The van der Waals surface area contributed by atoms with Gasteiger partial charge in [-0.15, -0.1) is 11.8 Å². The number of hydrogen-bond donors (Lipinski definition) is 1. The van der Waals surface area contributed by atoms with Crippen LogP contribution in [-0.4, -0.2) is 80.2 Å². The van der Waals surface area contributed by atoms with Crippen LogP contribution in [0.4, 0.5) is 0 Å². The van der Waals surface area contributed by atoms with E-state index in [1.54, 1.807) is 30.8 Å². The molecule has 0 radical (unpaired) electrons. The first-order valence-electron chi connectivity index (χ1n) is 9.50. The molecule has 0 aliphatic heterocycles. The molecular formula is C20H39N3O3S. The highest BCUT2D eigenvalue weighted by atomic mass is 32.2. The first-order chi connectivity index (χ1) is 12.6. The molecule has 0 aromatic heterocycles. The maximum Gasteiger partial charge on any atom is 0.245 e. The van der Waals surface area contributed by atoms with Gasteiger partial charge in [0, 0.05) is 14.1 Å². The Morgan fingerprint density at radius 3 is 2.15 bits per heavy atom. The molecular weight excluding hydrogens is 362 g/mol. The quantitative estimate of drug-likeness (QED) is 0.402. The van der Waals surface area contributed by atoms with Crippen molar-refractivity contribution in [3.05, 3.63) is 12.2 Å². The summed E-state index contributed by atoms with van der Waals surface area (Å²) >= 11 is 1.56. The summed E-state index contributed by atoms with van der Waals surface area (Å²) in [6.45, 7) is 8.06. The zero-order chi connectivity index (χ0) is 21.1. The van der Waals surface area contributed by atoms with E-state index < -0.39 is 12.1 Å². The van der Waals surface area contributed by atoms with E-state index in [1.807, 2.05) is 52.1 Å². The summed E-state index contributed by atoms with van der Waals surface area (Å²) in [6, 6.07) is -0.981. The Bertz CT molecular complexity index is 475. The predicted molar refractivity (Wildman–Crippen MR) is 115 cm³/mol. The summed E-state index contributed by atoms with van der Waals surface area (Å²) in [7, 11) is 7.09. The summed E-state index contributed by atoms with van der Waals surface area (Å²) < 4.78 is 6.07. The third kappa shape index (κ3) is 7.84. The third-order valence-electron chi connectivity index (χ3n) is 4.71. The molecule has 0 aliphatic carbocycles. The van der Waals surface area contributed by atoms with Gasteiger partial charge in [-0.2, -0.15) is 0 Å². The average Bonchev–Trinajstić information content (AvgIpc) is 2.61. The fraction of sp³-hybridized carbons (Fsp3) is 0.800. The number of rotatable bonds is 12. The van der Waals surface area contributed by atoms with E-state index in [4.69, 9.17) is 4.74 Å². The van der Waals surface area contributed by atoms with Crippen LogP contribution in [0.5, 0.6) is 0 Å². The number of hydrogen-bond acceptors (Lipinski definition) is 5. The van der Waals surface area contributed by atoms with Gasteiger partial charge in [-0.25, -0.2) is 0 Å². The Morgan fingerprint density at radius 2 is 1.74 bits per heavy atom. The van der Waals surface area contributed by atoms with Gasteiger partial charge in [0.15, 0.2) is 0 Å². The third-order valence-corrected chi connectivity index (χ3v) is 5.09. The molecule has 0 spiro atoms. The molecule has 4 atom stereocenters. The molecule has 0 saturated carbocycles. The number of nitrogens with one attached hydrogen (secondary N) is 1. The predicted octanol–water partition coefficient (Wildman–Crippen LogP) is 2.45. The largest absolute Gasteiger partial charge is 0.365 e. The van der Waals surface area contributed by atoms with Crippen LogP contribution in [0.2, 0.25) is 0 Å². The Hall–Kier alpha value is -1.05. The van der Waals surface area contributed by atoms with Gasteiger partial charge in [0.25, 0.3) is 0 Å². The summed E-state index contributed by atoms with van der Waals surface area (Å²) in [6.07, 6.45) is 6.41. The molecule has 27 heavy (non-hydrogen) atoms. The van der Waals surface area contributed by atoms with Crippen LogP contribution in [0, 0.1) is 11.8 Å². The first kappa shape index (κ1) is 26.0. The molecule has 0 heterocycles. The molecule has 0 bridgehead atoms. The lowest BCUT2D eigenvalue weighted by Crippen LogP contribution is -2.59. The number of carbonyl (C=O) groups excluding carboxylic acids is 2. The summed E-state index contributed by atoms with van der Waals surface area (Å²) in [4.78, 5) is 29.5. The number of nitrogens with zero attached hydrogens (tertiary/aromatic N) is 2. The van der Waals surface area contributed by atoms with Crippen molar-refractivity contribution in [2.75, 3.05) is 40.4 Å². The molecule has 6 nitrogen and oxygen atoms in total. The molecule has 158 valence electrons. The Kier molecular flexibility index (Phi) is 12.7. The summed E-state index contributed by atoms with van der Waals surface area (Å²) in [5.41, 5.74) is 0. The van der Waals surface area contributed by atoms with E-state index in [1.165, 1.54) is 0 Å². The SMILES string of the molecule is CC=CCC(C)C(OCSC)C(C(=O)NC)N(C)C(=O)C(C(C)C)N(C)C. The fourth-order valence-corrected chi connectivity index (χ4v) is 3.63. The minimum Gasteiger partial charge on any atom is -0.365 e. The van der Waals surface area contributed by atoms with Crippen molar-refractivity contribution in [2.24, 2.45) is 11.8 Å². The van der Waals surface area contributed by atoms with Crippen LogP contribution < -0.4 is 5.32 Å². The van der Waals surface area contributed by atoms with Gasteiger partial charge < -0.3 is 15.0 Å². The van der Waals surface area contributed by atoms with Crippen LogP contribution in [0.3, 0.4) is 0 Å². The van der Waals surface area contributed by atoms with Crippen LogP contribution >= 0.6 is 11.8 Å². The lowest BCUT2D eigenvalue weighted by atomic mass is 9.91. The maximum atomic E-state index is 13.2. The molecule has 2 amide bonds. The summed E-state index contributed by atoms with van der Waals surface area (Å²) in [5.74, 6) is 0.418. The standard InChI is InChI=1S/C20H39N3O3S/c1-10-11-12-15(4)18(26-13-27-9)17(19(24)21-5)23(8)20(25)16(14(2)3)22(6)7/h10-11,14-18H,12-13H2,1-9H3,(H,21,24). The lowest BCUT2D eigenvalue weighted by molar-refractivity contribution is -0.150. The highest BCUT2D eigenvalue weighted by molar-refractivity contribution is 7.98. The Morgan fingerprint density at radius 1 is 1.15 bits per heavy atom. The molecule has 0 aliphatic rings. The van der Waals surface area contributed by atoms with Gasteiger partial charge in [0.1, 0.15) is 6.04 Å². The topological polar surface area (TPSA) is 61.9 Å². The van der Waals surface area contributed by atoms with Gasteiger partial charge in [0.05, 0.1) is 18.1 Å². The van der Waals surface area contributed by atoms with Crippen molar-refractivity contribution in [1.29, 1.82) is 0 Å². The van der Waals surface area contributed by atoms with Gasteiger partial charge in [-0.1, -0.05) is 32.9 Å². The molecule has 7 heteroatoms. The van der Waals surface area contributed by atoms with Crippen LogP contribution in [0.25, 0.3) is 0 Å².